The lowest BCUT2D eigenvalue weighted by Gasteiger charge is -2.20. The van der Waals surface area contributed by atoms with E-state index in [-0.39, 0.29) is 12.3 Å². The topological polar surface area (TPSA) is 95.9 Å². The van der Waals surface area contributed by atoms with Crippen molar-refractivity contribution in [2.45, 2.75) is 18.6 Å². The number of hydrogen-bond acceptors (Lipinski definition) is 4. The number of rotatable bonds is 7. The summed E-state index contributed by atoms with van der Waals surface area (Å²) in [6.45, 7) is 0. The van der Waals surface area contributed by atoms with Gasteiger partial charge in [0.05, 0.1) is 7.11 Å². The van der Waals surface area contributed by atoms with Crippen molar-refractivity contribution < 1.29 is 24.5 Å². The number of carbonyl (C=O) groups excluding carboxylic acids is 1. The molecule has 0 aliphatic rings. The van der Waals surface area contributed by atoms with Crippen molar-refractivity contribution in [1.29, 1.82) is 0 Å². The molecular weight excluding hydrogens is 286 g/mol. The lowest BCUT2D eigenvalue weighted by molar-refractivity contribution is -0.145. The zero-order valence-corrected chi connectivity index (χ0v) is 11.6. The van der Waals surface area contributed by atoms with Crippen LogP contribution >= 0.6 is 11.6 Å². The highest BCUT2D eigenvalue weighted by Crippen LogP contribution is 2.20. The van der Waals surface area contributed by atoms with E-state index in [1.807, 2.05) is 0 Å². The predicted octanol–water partition coefficient (Wildman–Crippen LogP) is 0.927. The third-order valence-corrected chi connectivity index (χ3v) is 2.87. The van der Waals surface area contributed by atoms with Crippen molar-refractivity contribution in [3.63, 3.8) is 0 Å². The van der Waals surface area contributed by atoms with Crippen molar-refractivity contribution in [3.8, 4) is 5.75 Å². The van der Waals surface area contributed by atoms with Crippen LogP contribution in [0.5, 0.6) is 5.75 Å². The molecule has 1 rings (SSSR count). The highest BCUT2D eigenvalue weighted by molar-refractivity contribution is 6.18. The van der Waals surface area contributed by atoms with Crippen LogP contribution in [0.25, 0.3) is 0 Å². The van der Waals surface area contributed by atoms with Gasteiger partial charge in [0.15, 0.2) is 6.04 Å². The van der Waals surface area contributed by atoms with E-state index in [1.54, 1.807) is 12.1 Å². The van der Waals surface area contributed by atoms with Gasteiger partial charge in [0.1, 0.15) is 11.9 Å². The van der Waals surface area contributed by atoms with Crippen LogP contribution in [0.3, 0.4) is 0 Å². The molecule has 1 aromatic carbocycles. The highest BCUT2D eigenvalue weighted by Gasteiger charge is 2.29. The van der Waals surface area contributed by atoms with Crippen LogP contribution in [0.4, 0.5) is 0 Å². The molecule has 2 unspecified atom stereocenters. The van der Waals surface area contributed by atoms with Crippen LogP contribution < -0.4 is 10.1 Å². The van der Waals surface area contributed by atoms with Crippen LogP contribution in [-0.4, -0.2) is 41.1 Å². The first kappa shape index (κ1) is 16.3. The summed E-state index contributed by atoms with van der Waals surface area (Å²) in [7, 11) is 1.50. The summed E-state index contributed by atoms with van der Waals surface area (Å²) < 4.78 is 4.97. The Bertz CT molecular complexity index is 462. The third-order valence-electron chi connectivity index (χ3n) is 2.68. The minimum absolute atomic E-state index is 0.0132. The summed E-state index contributed by atoms with van der Waals surface area (Å²) in [5.74, 6) is -1.19. The van der Waals surface area contributed by atoms with Gasteiger partial charge in [0, 0.05) is 12.3 Å². The van der Waals surface area contributed by atoms with Crippen molar-refractivity contribution in [2.24, 2.45) is 0 Å². The highest BCUT2D eigenvalue weighted by atomic mass is 35.5. The zero-order chi connectivity index (χ0) is 15.1. The molecule has 0 aliphatic carbocycles. The monoisotopic (exact) mass is 301 g/mol. The van der Waals surface area contributed by atoms with Gasteiger partial charge in [-0.1, -0.05) is 12.1 Å². The Labute approximate surface area is 121 Å². The van der Waals surface area contributed by atoms with E-state index < -0.39 is 24.0 Å². The zero-order valence-electron chi connectivity index (χ0n) is 10.9. The Morgan fingerprint density at radius 1 is 1.35 bits per heavy atom. The first-order valence-corrected chi connectivity index (χ1v) is 6.43. The maximum atomic E-state index is 11.4. The summed E-state index contributed by atoms with van der Waals surface area (Å²) in [5, 5.41) is 21.4. The van der Waals surface area contributed by atoms with Gasteiger partial charge in [-0.05, 0) is 17.7 Å². The number of amides is 1. The van der Waals surface area contributed by atoms with Crippen LogP contribution in [0.15, 0.2) is 24.3 Å². The number of nitrogens with one attached hydrogen (secondary N) is 1. The maximum absolute atomic E-state index is 11.4. The number of benzene rings is 1. The Morgan fingerprint density at radius 3 is 2.40 bits per heavy atom. The van der Waals surface area contributed by atoms with E-state index in [4.69, 9.17) is 21.4 Å². The van der Waals surface area contributed by atoms with Gasteiger partial charge in [-0.2, -0.15) is 0 Å². The molecule has 0 saturated heterocycles. The van der Waals surface area contributed by atoms with Crippen LogP contribution in [0, 0.1) is 0 Å². The normalized spacial score (nSPS) is 13.3. The van der Waals surface area contributed by atoms with Crippen molar-refractivity contribution in [2.75, 3.05) is 13.0 Å². The molecule has 7 heteroatoms. The number of aliphatic hydroxyl groups is 1. The fourth-order valence-corrected chi connectivity index (χ4v) is 1.77. The van der Waals surface area contributed by atoms with Gasteiger partial charge in [0.25, 0.3) is 0 Å². The fourth-order valence-electron chi connectivity index (χ4n) is 1.60. The third kappa shape index (κ3) is 4.40. The fraction of sp³-hybridized carbons (Fsp3) is 0.385. The summed E-state index contributed by atoms with van der Waals surface area (Å²) in [5.41, 5.74) is 0.365. The molecule has 0 heterocycles. The molecule has 1 amide bonds. The maximum Gasteiger partial charge on any atom is 0.329 e. The number of aliphatic carboxylic acids is 1. The number of halogens is 1. The lowest BCUT2D eigenvalue weighted by Crippen LogP contribution is -2.45. The second kappa shape index (κ2) is 7.72. The molecule has 1 aromatic rings. The number of aliphatic hydroxyl groups excluding tert-OH is 1. The number of alkyl halides is 1. The summed E-state index contributed by atoms with van der Waals surface area (Å²) in [6.07, 6.45) is -1.38. The molecule has 0 bridgehead atoms. The van der Waals surface area contributed by atoms with Gasteiger partial charge < -0.3 is 20.3 Å². The lowest BCUT2D eigenvalue weighted by atomic mass is 10.0. The van der Waals surface area contributed by atoms with E-state index in [0.29, 0.717) is 11.3 Å². The van der Waals surface area contributed by atoms with E-state index in [0.717, 1.165) is 0 Å². The Kier molecular flexibility index (Phi) is 6.27. The van der Waals surface area contributed by atoms with E-state index in [2.05, 4.69) is 5.32 Å². The van der Waals surface area contributed by atoms with E-state index in [9.17, 15) is 14.7 Å². The van der Waals surface area contributed by atoms with Crippen LogP contribution in [0.1, 0.15) is 18.1 Å². The quantitative estimate of drug-likeness (QED) is 0.651. The molecule has 20 heavy (non-hydrogen) atoms. The minimum atomic E-state index is -1.43. The largest absolute Gasteiger partial charge is 0.497 e. The molecule has 0 saturated carbocycles. The van der Waals surface area contributed by atoms with Gasteiger partial charge >= 0.3 is 5.97 Å². The van der Waals surface area contributed by atoms with Crippen LogP contribution in [0.2, 0.25) is 0 Å². The summed E-state index contributed by atoms with van der Waals surface area (Å²) in [6, 6.07) is 4.83. The second-order valence-electron chi connectivity index (χ2n) is 4.04. The molecule has 110 valence electrons. The minimum Gasteiger partial charge on any atom is -0.497 e. The Hall–Kier alpha value is -1.79. The van der Waals surface area contributed by atoms with Crippen molar-refractivity contribution >= 4 is 23.5 Å². The first-order valence-electron chi connectivity index (χ1n) is 5.89. The van der Waals surface area contributed by atoms with Crippen molar-refractivity contribution in [1.82, 2.24) is 5.32 Å². The summed E-state index contributed by atoms with van der Waals surface area (Å²) >= 11 is 5.40. The van der Waals surface area contributed by atoms with Gasteiger partial charge in [-0.15, -0.1) is 11.6 Å². The van der Waals surface area contributed by atoms with E-state index >= 15 is 0 Å². The average Bonchev–Trinajstić information content (AvgIpc) is 2.44. The number of hydrogen-bond donors (Lipinski definition) is 3. The number of ether oxygens (including phenoxy) is 1. The summed E-state index contributed by atoms with van der Waals surface area (Å²) in [4.78, 5) is 22.5. The van der Waals surface area contributed by atoms with Gasteiger partial charge in [0.2, 0.25) is 5.91 Å². The average molecular weight is 302 g/mol. The molecule has 0 spiro atoms. The van der Waals surface area contributed by atoms with Gasteiger partial charge in [-0.3, -0.25) is 4.79 Å². The number of carboxylic acid groups (broad SMARTS) is 1. The second-order valence-corrected chi connectivity index (χ2v) is 4.42. The first-order chi connectivity index (χ1) is 9.49. The van der Waals surface area contributed by atoms with E-state index in [1.165, 1.54) is 19.2 Å². The van der Waals surface area contributed by atoms with Gasteiger partial charge in [-0.25, -0.2) is 4.79 Å². The molecular formula is C13H16ClNO5. The molecule has 2 atom stereocenters. The Morgan fingerprint density at radius 2 is 1.95 bits per heavy atom. The van der Waals surface area contributed by atoms with Crippen LogP contribution in [-0.2, 0) is 9.59 Å². The molecule has 0 aromatic heterocycles. The number of carbonyl (C=O) groups is 2. The molecule has 3 N–H and O–H groups in total. The Balaban J connectivity index is 2.84. The molecule has 0 aliphatic heterocycles. The predicted molar refractivity (Wildman–Crippen MR) is 72.9 cm³/mol. The molecule has 0 radical (unpaired) electrons. The number of methoxy groups -OCH3 is 1. The standard InChI is InChI=1S/C13H16ClNO5/c1-20-9-4-2-8(3-5-9)12(17)11(13(18)19)15-10(16)6-7-14/h2-5,11-12,17H,6-7H2,1H3,(H,15,16)(H,18,19). The molecule has 0 fully saturated rings. The SMILES string of the molecule is COc1ccc(C(O)C(NC(=O)CCCl)C(=O)O)cc1. The molecule has 6 nitrogen and oxygen atoms in total. The number of carboxylic acids is 1. The van der Waals surface area contributed by atoms with Crippen molar-refractivity contribution in [3.05, 3.63) is 29.8 Å². The smallest absolute Gasteiger partial charge is 0.329 e.